The van der Waals surface area contributed by atoms with Crippen molar-refractivity contribution in [2.24, 2.45) is 13.0 Å². The maximum absolute atomic E-state index is 13.2. The molecule has 0 aliphatic rings. The number of aromatic nitrogens is 1. The monoisotopic (exact) mass is 411 g/mol. The van der Waals surface area contributed by atoms with Crippen molar-refractivity contribution in [2.45, 2.75) is 53.0 Å². The first kappa shape index (κ1) is 23.7. The van der Waals surface area contributed by atoms with Crippen LogP contribution in [0.4, 0.5) is 0 Å². The van der Waals surface area contributed by atoms with Crippen LogP contribution in [0.2, 0.25) is 0 Å². The largest absolute Gasteiger partial charge is 0.353 e. The molecule has 0 bridgehead atoms. The minimum absolute atomic E-state index is 0.0223. The van der Waals surface area contributed by atoms with Gasteiger partial charge in [-0.2, -0.15) is 0 Å². The third kappa shape index (κ3) is 7.69. The Bertz CT molecular complexity index is 783. The molecule has 5 nitrogen and oxygen atoms in total. The van der Waals surface area contributed by atoms with Crippen LogP contribution in [-0.2, 0) is 29.6 Å². The van der Waals surface area contributed by atoms with Gasteiger partial charge in [0.25, 0.3) is 0 Å². The van der Waals surface area contributed by atoms with Crippen molar-refractivity contribution in [1.82, 2.24) is 14.4 Å². The fourth-order valence-corrected chi connectivity index (χ4v) is 3.51. The summed E-state index contributed by atoms with van der Waals surface area (Å²) in [6.45, 7) is 8.38. The molecule has 30 heavy (non-hydrogen) atoms. The van der Waals surface area contributed by atoms with Crippen molar-refractivity contribution in [3.63, 3.8) is 0 Å². The number of rotatable bonds is 12. The molecule has 2 rings (SSSR count). The quantitative estimate of drug-likeness (QED) is 0.524. The summed E-state index contributed by atoms with van der Waals surface area (Å²) >= 11 is 0. The Hall–Kier alpha value is -2.56. The van der Waals surface area contributed by atoms with E-state index in [0.717, 1.165) is 24.1 Å². The summed E-state index contributed by atoms with van der Waals surface area (Å²) in [6.07, 6.45) is 5.04. The van der Waals surface area contributed by atoms with Gasteiger partial charge in [0.2, 0.25) is 11.8 Å². The number of nitrogens with zero attached hydrogens (tertiary/aromatic N) is 3. The fourth-order valence-electron chi connectivity index (χ4n) is 3.51. The van der Waals surface area contributed by atoms with Crippen LogP contribution in [0.1, 0.15) is 51.3 Å². The third-order valence-corrected chi connectivity index (χ3v) is 5.27. The van der Waals surface area contributed by atoms with Crippen molar-refractivity contribution in [3.05, 3.63) is 59.9 Å². The van der Waals surface area contributed by atoms with Gasteiger partial charge in [0.1, 0.15) is 0 Å². The van der Waals surface area contributed by atoms with Crippen LogP contribution in [0.15, 0.2) is 48.7 Å². The number of hydrogen-bond acceptors (Lipinski definition) is 2. The van der Waals surface area contributed by atoms with Gasteiger partial charge in [-0.3, -0.25) is 9.59 Å². The van der Waals surface area contributed by atoms with Crippen LogP contribution in [0.25, 0.3) is 0 Å². The van der Waals surface area contributed by atoms with E-state index >= 15 is 0 Å². The summed E-state index contributed by atoms with van der Waals surface area (Å²) in [5.74, 6) is 0.449. The average Bonchev–Trinajstić information content (AvgIpc) is 3.13. The molecule has 2 amide bonds. The van der Waals surface area contributed by atoms with E-state index in [1.165, 1.54) is 0 Å². The molecule has 1 heterocycles. The maximum Gasteiger partial charge on any atom is 0.242 e. The molecule has 2 aromatic rings. The van der Waals surface area contributed by atoms with Gasteiger partial charge in [0.05, 0.1) is 13.1 Å². The Morgan fingerprint density at radius 2 is 1.73 bits per heavy atom. The highest BCUT2D eigenvalue weighted by Gasteiger charge is 2.22. The Balaban J connectivity index is 2.04. The van der Waals surface area contributed by atoms with Gasteiger partial charge in [-0.05, 0) is 36.5 Å². The molecule has 0 saturated carbocycles. The normalized spacial score (nSPS) is 11.0. The number of carbonyl (C=O) groups is 2. The lowest BCUT2D eigenvalue weighted by atomic mass is 10.1. The molecule has 0 atom stereocenters. The topological polar surface area (TPSA) is 45.6 Å². The van der Waals surface area contributed by atoms with E-state index in [2.05, 4.69) is 20.8 Å². The van der Waals surface area contributed by atoms with E-state index in [0.29, 0.717) is 38.4 Å². The predicted octanol–water partition coefficient (Wildman–Crippen LogP) is 4.27. The summed E-state index contributed by atoms with van der Waals surface area (Å²) in [6, 6.07) is 14.1. The minimum atomic E-state index is 0.0223. The van der Waals surface area contributed by atoms with E-state index in [1.807, 2.05) is 65.2 Å². The highest BCUT2D eigenvalue weighted by atomic mass is 16.2. The highest BCUT2D eigenvalue weighted by molar-refractivity contribution is 5.85. The van der Waals surface area contributed by atoms with E-state index in [-0.39, 0.29) is 18.4 Å². The van der Waals surface area contributed by atoms with Crippen LogP contribution in [0, 0.1) is 5.92 Å². The molecule has 0 spiro atoms. The number of hydrogen-bond donors (Lipinski definition) is 0. The Labute approximate surface area is 181 Å². The molecule has 1 aromatic heterocycles. The van der Waals surface area contributed by atoms with E-state index in [4.69, 9.17) is 0 Å². The lowest BCUT2D eigenvalue weighted by Crippen LogP contribution is -2.44. The standard InChI is InChI=1S/C25H37N3O2/c1-5-6-17-27(24(29)15-14-22-11-8-7-9-12-22)20-25(30)28(18-21(2)3)19-23-13-10-16-26(23)4/h7-13,16,21H,5-6,14-15,17-20H2,1-4H3. The molecule has 0 radical (unpaired) electrons. The molecule has 164 valence electrons. The summed E-state index contributed by atoms with van der Waals surface area (Å²) in [5.41, 5.74) is 2.25. The number of amides is 2. The van der Waals surface area contributed by atoms with Crippen LogP contribution >= 0.6 is 0 Å². The second-order valence-corrected chi connectivity index (χ2v) is 8.43. The number of benzene rings is 1. The SMILES string of the molecule is CCCCN(CC(=O)N(Cc1cccn1C)CC(C)C)C(=O)CCc1ccccc1. The summed E-state index contributed by atoms with van der Waals surface area (Å²) in [7, 11) is 1.99. The third-order valence-electron chi connectivity index (χ3n) is 5.27. The predicted molar refractivity (Wildman–Crippen MR) is 122 cm³/mol. The molecule has 0 aliphatic carbocycles. The first-order valence-electron chi connectivity index (χ1n) is 11.1. The lowest BCUT2D eigenvalue weighted by Gasteiger charge is -2.29. The summed E-state index contributed by atoms with van der Waals surface area (Å²) in [5, 5.41) is 0. The molecule has 5 heteroatoms. The Morgan fingerprint density at radius 3 is 2.33 bits per heavy atom. The summed E-state index contributed by atoms with van der Waals surface area (Å²) < 4.78 is 2.04. The molecule has 0 unspecified atom stereocenters. The molecule has 0 saturated heterocycles. The van der Waals surface area contributed by atoms with Gasteiger partial charge in [-0.1, -0.05) is 57.5 Å². The molecule has 0 N–H and O–H groups in total. The summed E-state index contributed by atoms with van der Waals surface area (Å²) in [4.78, 5) is 29.8. The molecule has 0 fully saturated rings. The van der Waals surface area contributed by atoms with Crippen molar-refractivity contribution in [3.8, 4) is 0 Å². The molecular formula is C25H37N3O2. The Kier molecular flexibility index (Phi) is 9.65. The zero-order chi connectivity index (χ0) is 21.9. The van der Waals surface area contributed by atoms with Crippen molar-refractivity contribution >= 4 is 11.8 Å². The zero-order valence-corrected chi connectivity index (χ0v) is 19.0. The molecule has 0 aliphatic heterocycles. The number of carbonyl (C=O) groups excluding carboxylic acids is 2. The zero-order valence-electron chi connectivity index (χ0n) is 19.0. The van der Waals surface area contributed by atoms with Crippen molar-refractivity contribution in [2.75, 3.05) is 19.6 Å². The fraction of sp³-hybridized carbons (Fsp3) is 0.520. The number of aryl methyl sites for hydroxylation is 2. The van der Waals surface area contributed by atoms with Crippen molar-refractivity contribution < 1.29 is 9.59 Å². The Morgan fingerprint density at radius 1 is 1.00 bits per heavy atom. The van der Waals surface area contributed by atoms with Crippen LogP contribution in [0.3, 0.4) is 0 Å². The van der Waals surface area contributed by atoms with Gasteiger partial charge in [0.15, 0.2) is 0 Å². The minimum Gasteiger partial charge on any atom is -0.353 e. The van der Waals surface area contributed by atoms with E-state index < -0.39 is 0 Å². The van der Waals surface area contributed by atoms with E-state index in [9.17, 15) is 9.59 Å². The first-order valence-corrected chi connectivity index (χ1v) is 11.1. The van der Waals surface area contributed by atoms with Crippen LogP contribution in [0.5, 0.6) is 0 Å². The van der Waals surface area contributed by atoms with Crippen LogP contribution in [-0.4, -0.2) is 45.8 Å². The van der Waals surface area contributed by atoms with Crippen LogP contribution < -0.4 is 0 Å². The lowest BCUT2D eigenvalue weighted by molar-refractivity contribution is -0.141. The van der Waals surface area contributed by atoms with Gasteiger partial charge in [0, 0.05) is 38.4 Å². The van der Waals surface area contributed by atoms with Gasteiger partial charge >= 0.3 is 0 Å². The van der Waals surface area contributed by atoms with Gasteiger partial charge < -0.3 is 14.4 Å². The molecule has 1 aromatic carbocycles. The maximum atomic E-state index is 13.2. The van der Waals surface area contributed by atoms with E-state index in [1.54, 1.807) is 4.90 Å². The average molecular weight is 412 g/mol. The number of unbranched alkanes of at least 4 members (excludes halogenated alkanes) is 1. The molecular weight excluding hydrogens is 374 g/mol. The smallest absolute Gasteiger partial charge is 0.242 e. The second kappa shape index (κ2) is 12.2. The highest BCUT2D eigenvalue weighted by Crippen LogP contribution is 2.11. The van der Waals surface area contributed by atoms with Crippen molar-refractivity contribution in [1.29, 1.82) is 0 Å². The van der Waals surface area contributed by atoms with Gasteiger partial charge in [-0.25, -0.2) is 0 Å². The van der Waals surface area contributed by atoms with Gasteiger partial charge in [-0.15, -0.1) is 0 Å². The second-order valence-electron chi connectivity index (χ2n) is 8.43. The first-order chi connectivity index (χ1) is 14.4.